The second-order valence-corrected chi connectivity index (χ2v) is 5.71. The lowest BCUT2D eigenvalue weighted by Gasteiger charge is -2.24. The average molecular weight is 303 g/mol. The molecule has 0 amide bonds. The van der Waals surface area contributed by atoms with E-state index in [0.717, 1.165) is 35.7 Å². The van der Waals surface area contributed by atoms with Crippen molar-refractivity contribution in [3.8, 4) is 5.75 Å². The molecule has 2 unspecified atom stereocenters. The number of pyridine rings is 1. The molecule has 0 fully saturated rings. The number of hydrogen-bond donors (Lipinski definition) is 1. The molecule has 0 spiro atoms. The van der Waals surface area contributed by atoms with Crippen LogP contribution in [-0.4, -0.2) is 23.7 Å². The van der Waals surface area contributed by atoms with Crippen LogP contribution < -0.4 is 10.1 Å². The Labute approximate surface area is 130 Å². The van der Waals surface area contributed by atoms with Crippen LogP contribution in [0.3, 0.4) is 0 Å². The lowest BCUT2D eigenvalue weighted by atomic mass is 9.98. The van der Waals surface area contributed by atoms with Gasteiger partial charge >= 0.3 is 0 Å². The zero-order chi connectivity index (χ0) is 14.7. The molecule has 0 bridgehead atoms. The summed E-state index contributed by atoms with van der Waals surface area (Å²) in [7, 11) is 0. The number of aromatic nitrogens is 1. The fourth-order valence-corrected chi connectivity index (χ4v) is 3.03. The van der Waals surface area contributed by atoms with Gasteiger partial charge in [0.15, 0.2) is 0 Å². The Kier molecular flexibility index (Phi) is 4.42. The number of ether oxygens (including phenoxy) is 1. The number of benzene rings is 1. The van der Waals surface area contributed by atoms with Crippen LogP contribution in [0.4, 0.5) is 0 Å². The first-order valence-electron chi connectivity index (χ1n) is 7.34. The van der Waals surface area contributed by atoms with Gasteiger partial charge in [0.05, 0.1) is 5.02 Å². The van der Waals surface area contributed by atoms with Crippen molar-refractivity contribution in [1.82, 2.24) is 10.3 Å². The Morgan fingerprint density at radius 3 is 3.00 bits per heavy atom. The van der Waals surface area contributed by atoms with Crippen molar-refractivity contribution in [1.29, 1.82) is 0 Å². The standard InChI is InChI=1S/C17H19ClN2O/c1-2-20-15(9-12-7-8-19-11-14(12)18)17-10-13-5-3-4-6-16(13)21-17/h3-8,11,15,17,20H,2,9-10H2,1H3. The van der Waals surface area contributed by atoms with Crippen LogP contribution in [0.25, 0.3) is 0 Å². The summed E-state index contributed by atoms with van der Waals surface area (Å²) in [5.74, 6) is 1.01. The summed E-state index contributed by atoms with van der Waals surface area (Å²) in [6, 6.07) is 10.5. The molecule has 1 aromatic carbocycles. The second kappa shape index (κ2) is 6.46. The van der Waals surface area contributed by atoms with Gasteiger partial charge in [-0.3, -0.25) is 4.98 Å². The van der Waals surface area contributed by atoms with Crippen LogP contribution >= 0.6 is 11.6 Å². The maximum absolute atomic E-state index is 6.23. The monoisotopic (exact) mass is 302 g/mol. The molecule has 21 heavy (non-hydrogen) atoms. The van der Waals surface area contributed by atoms with Crippen molar-refractivity contribution >= 4 is 11.6 Å². The number of para-hydroxylation sites is 1. The van der Waals surface area contributed by atoms with Crippen molar-refractivity contribution in [3.63, 3.8) is 0 Å². The van der Waals surface area contributed by atoms with Crippen molar-refractivity contribution in [3.05, 3.63) is 58.9 Å². The van der Waals surface area contributed by atoms with Crippen molar-refractivity contribution in [2.75, 3.05) is 6.54 Å². The van der Waals surface area contributed by atoms with Crippen molar-refractivity contribution in [2.45, 2.75) is 31.9 Å². The largest absolute Gasteiger partial charge is 0.488 e. The maximum atomic E-state index is 6.23. The predicted molar refractivity (Wildman–Crippen MR) is 85.0 cm³/mol. The van der Waals surface area contributed by atoms with Gasteiger partial charge in [-0.15, -0.1) is 0 Å². The van der Waals surface area contributed by atoms with Crippen LogP contribution in [0, 0.1) is 0 Å². The Morgan fingerprint density at radius 1 is 1.38 bits per heavy atom. The zero-order valence-electron chi connectivity index (χ0n) is 12.1. The third kappa shape index (κ3) is 3.20. The molecular formula is C17H19ClN2O. The summed E-state index contributed by atoms with van der Waals surface area (Å²) in [6.45, 7) is 3.02. The van der Waals surface area contributed by atoms with Crippen LogP contribution in [-0.2, 0) is 12.8 Å². The molecule has 4 heteroatoms. The van der Waals surface area contributed by atoms with Crippen molar-refractivity contribution < 1.29 is 4.74 Å². The number of likely N-dealkylation sites (N-methyl/N-ethyl adjacent to an activating group) is 1. The quantitative estimate of drug-likeness (QED) is 0.920. The summed E-state index contributed by atoms with van der Waals surface area (Å²) in [5, 5.41) is 4.25. The highest BCUT2D eigenvalue weighted by Crippen LogP contribution is 2.30. The SMILES string of the molecule is CCNC(Cc1ccncc1Cl)C1Cc2ccccc2O1. The fraction of sp³-hybridized carbons (Fsp3) is 0.353. The van der Waals surface area contributed by atoms with E-state index in [1.807, 2.05) is 18.2 Å². The van der Waals surface area contributed by atoms with Gasteiger partial charge in [-0.25, -0.2) is 0 Å². The molecule has 2 heterocycles. The predicted octanol–water partition coefficient (Wildman–Crippen LogP) is 3.26. The molecule has 2 atom stereocenters. The molecular weight excluding hydrogens is 284 g/mol. The number of hydrogen-bond acceptors (Lipinski definition) is 3. The summed E-state index contributed by atoms with van der Waals surface area (Å²) in [5.41, 5.74) is 2.39. The van der Waals surface area contributed by atoms with Gasteiger partial charge in [0, 0.05) is 24.9 Å². The summed E-state index contributed by atoms with van der Waals surface area (Å²) in [6.07, 6.45) is 5.41. The van der Waals surface area contributed by atoms with Gasteiger partial charge in [0.2, 0.25) is 0 Å². The topological polar surface area (TPSA) is 34.2 Å². The van der Waals surface area contributed by atoms with E-state index in [1.165, 1.54) is 5.56 Å². The van der Waals surface area contributed by atoms with E-state index in [0.29, 0.717) is 0 Å². The first-order valence-corrected chi connectivity index (χ1v) is 7.72. The van der Waals surface area contributed by atoms with E-state index in [9.17, 15) is 0 Å². The fourth-order valence-electron chi connectivity index (χ4n) is 2.84. The number of fused-ring (bicyclic) bond motifs is 1. The van der Waals surface area contributed by atoms with Gasteiger partial charge < -0.3 is 10.1 Å². The summed E-state index contributed by atoms with van der Waals surface area (Å²) >= 11 is 6.23. The third-order valence-corrected chi connectivity index (χ3v) is 4.22. The molecule has 110 valence electrons. The molecule has 0 radical (unpaired) electrons. The Hall–Kier alpha value is -1.58. The van der Waals surface area contributed by atoms with E-state index < -0.39 is 0 Å². The van der Waals surface area contributed by atoms with Crippen LogP contribution in [0.1, 0.15) is 18.1 Å². The van der Waals surface area contributed by atoms with Gasteiger partial charge in [0.25, 0.3) is 0 Å². The highest BCUT2D eigenvalue weighted by molar-refractivity contribution is 6.31. The van der Waals surface area contributed by atoms with E-state index in [2.05, 4.69) is 29.4 Å². The number of nitrogens with zero attached hydrogens (tertiary/aromatic N) is 1. The van der Waals surface area contributed by atoms with E-state index in [-0.39, 0.29) is 12.1 Å². The molecule has 3 nitrogen and oxygen atoms in total. The minimum atomic E-state index is 0.145. The Morgan fingerprint density at radius 2 is 2.24 bits per heavy atom. The zero-order valence-corrected chi connectivity index (χ0v) is 12.8. The van der Waals surface area contributed by atoms with E-state index >= 15 is 0 Å². The van der Waals surface area contributed by atoms with Crippen LogP contribution in [0.2, 0.25) is 5.02 Å². The van der Waals surface area contributed by atoms with Gasteiger partial charge in [-0.2, -0.15) is 0 Å². The molecule has 0 aliphatic carbocycles. The molecule has 1 aliphatic heterocycles. The smallest absolute Gasteiger partial charge is 0.123 e. The van der Waals surface area contributed by atoms with Crippen molar-refractivity contribution in [2.24, 2.45) is 0 Å². The maximum Gasteiger partial charge on any atom is 0.123 e. The molecule has 0 saturated heterocycles. The first kappa shape index (κ1) is 14.4. The molecule has 1 aliphatic rings. The van der Waals surface area contributed by atoms with Crippen LogP contribution in [0.15, 0.2) is 42.7 Å². The normalized spacial score (nSPS) is 18.1. The Bertz CT molecular complexity index is 592. The van der Waals surface area contributed by atoms with E-state index in [1.54, 1.807) is 12.4 Å². The second-order valence-electron chi connectivity index (χ2n) is 5.30. The number of rotatable bonds is 5. The minimum Gasteiger partial charge on any atom is -0.488 e. The van der Waals surface area contributed by atoms with Gasteiger partial charge in [-0.05, 0) is 36.2 Å². The number of halogens is 1. The third-order valence-electron chi connectivity index (χ3n) is 3.88. The van der Waals surface area contributed by atoms with Gasteiger partial charge in [-0.1, -0.05) is 36.7 Å². The first-order chi connectivity index (χ1) is 10.3. The molecule has 1 aromatic heterocycles. The molecule has 0 saturated carbocycles. The average Bonchev–Trinajstić information content (AvgIpc) is 2.93. The van der Waals surface area contributed by atoms with E-state index in [4.69, 9.17) is 16.3 Å². The lowest BCUT2D eigenvalue weighted by Crippen LogP contribution is -2.44. The van der Waals surface area contributed by atoms with Gasteiger partial charge in [0.1, 0.15) is 11.9 Å². The minimum absolute atomic E-state index is 0.145. The lowest BCUT2D eigenvalue weighted by molar-refractivity contribution is 0.178. The molecule has 2 aromatic rings. The molecule has 1 N–H and O–H groups in total. The summed E-state index contributed by atoms with van der Waals surface area (Å²) in [4.78, 5) is 4.04. The summed E-state index contributed by atoms with van der Waals surface area (Å²) < 4.78 is 6.11. The molecule has 3 rings (SSSR count). The highest BCUT2D eigenvalue weighted by atomic mass is 35.5. The van der Waals surface area contributed by atoms with Crippen LogP contribution in [0.5, 0.6) is 5.75 Å². The Balaban J connectivity index is 1.76. The highest BCUT2D eigenvalue weighted by Gasteiger charge is 2.30. The number of nitrogens with one attached hydrogen (secondary N) is 1.